The summed E-state index contributed by atoms with van der Waals surface area (Å²) in [5, 5.41) is 14.1. The number of amides is 2. The van der Waals surface area contributed by atoms with Crippen LogP contribution in [0.1, 0.15) is 44.8 Å². The van der Waals surface area contributed by atoms with E-state index in [4.69, 9.17) is 4.74 Å². The molecule has 2 fully saturated rings. The number of rotatable bonds is 5. The zero-order valence-corrected chi connectivity index (χ0v) is 22.5. The first-order valence-corrected chi connectivity index (χ1v) is 12.9. The Kier molecular flexibility index (Phi) is 6.71. The molecule has 1 spiro atoms. The van der Waals surface area contributed by atoms with Gasteiger partial charge >= 0.3 is 5.69 Å². The van der Waals surface area contributed by atoms with Crippen molar-refractivity contribution in [2.75, 3.05) is 19.7 Å². The van der Waals surface area contributed by atoms with E-state index in [1.54, 1.807) is 29.6 Å². The number of imidazole rings is 2. The lowest BCUT2D eigenvalue weighted by molar-refractivity contribution is -0.201. The van der Waals surface area contributed by atoms with Crippen molar-refractivity contribution in [1.82, 2.24) is 38.9 Å². The lowest BCUT2D eigenvalue weighted by Crippen LogP contribution is -2.59. The lowest BCUT2D eigenvalue weighted by atomic mass is 9.77. The molecule has 0 radical (unpaired) electrons. The Hall–Kier alpha value is -3.78. The standard InChI is InChI=1S/C25H34N8O6/c1-15(34)29-17(9-16-11-26-13-27-16)21(35)32-7-5-25(6-8-32)10-18(24(2,38)12-39-25)33-14-28-20-19(33)22(36)31(4)23(37)30(20)3/h11,13-14,17-18,38H,5-10,12H2,1-4H3,(H,26,27)(H,29,34)/t17-,18-,24-/m0/s1. The zero-order chi connectivity index (χ0) is 28.1. The summed E-state index contributed by atoms with van der Waals surface area (Å²) in [4.78, 5) is 63.7. The Bertz CT molecular complexity index is 1510. The van der Waals surface area contributed by atoms with Crippen molar-refractivity contribution in [1.29, 1.82) is 0 Å². The van der Waals surface area contributed by atoms with Gasteiger partial charge in [0.15, 0.2) is 11.2 Å². The number of hydrogen-bond donors (Lipinski definition) is 3. The van der Waals surface area contributed by atoms with E-state index in [1.807, 2.05) is 0 Å². The molecule has 0 unspecified atom stereocenters. The van der Waals surface area contributed by atoms with E-state index in [-0.39, 0.29) is 29.6 Å². The molecule has 2 aliphatic rings. The number of aryl methyl sites for hydroxylation is 1. The van der Waals surface area contributed by atoms with Crippen LogP contribution in [0.4, 0.5) is 0 Å². The number of hydrogen-bond acceptors (Lipinski definition) is 8. The van der Waals surface area contributed by atoms with Gasteiger partial charge in [0.1, 0.15) is 11.6 Å². The van der Waals surface area contributed by atoms with Gasteiger partial charge in [-0.2, -0.15) is 0 Å². The minimum Gasteiger partial charge on any atom is -0.386 e. The second-order valence-electron chi connectivity index (χ2n) is 10.9. The highest BCUT2D eigenvalue weighted by Gasteiger charge is 2.50. The maximum Gasteiger partial charge on any atom is 0.332 e. The molecule has 2 saturated heterocycles. The highest BCUT2D eigenvalue weighted by Crippen LogP contribution is 2.44. The summed E-state index contributed by atoms with van der Waals surface area (Å²) in [6, 6.07) is -1.27. The van der Waals surface area contributed by atoms with Crippen LogP contribution in [-0.2, 0) is 34.8 Å². The predicted octanol–water partition coefficient (Wildman–Crippen LogP) is -1.02. The number of nitrogens with one attached hydrogen (secondary N) is 2. The van der Waals surface area contributed by atoms with Crippen LogP contribution in [0.3, 0.4) is 0 Å². The first-order valence-electron chi connectivity index (χ1n) is 12.9. The molecule has 0 saturated carbocycles. The van der Waals surface area contributed by atoms with E-state index in [2.05, 4.69) is 20.3 Å². The maximum absolute atomic E-state index is 13.4. The molecule has 210 valence electrons. The first-order chi connectivity index (χ1) is 18.4. The SMILES string of the molecule is CC(=O)N[C@@H](Cc1cnc[nH]1)C(=O)N1CCC2(CC1)C[C@H](n1cnc3c1c(=O)n(C)c(=O)n3C)[C@@](C)(O)CO2. The summed E-state index contributed by atoms with van der Waals surface area (Å²) in [5.41, 5.74) is -1.65. The summed E-state index contributed by atoms with van der Waals surface area (Å²) in [6.07, 6.45) is 6.38. The quantitative estimate of drug-likeness (QED) is 0.368. The Labute approximate surface area is 223 Å². The lowest BCUT2D eigenvalue weighted by Gasteiger charge is -2.51. The van der Waals surface area contributed by atoms with Crippen molar-refractivity contribution < 1.29 is 19.4 Å². The molecular formula is C25H34N8O6. The molecule has 0 bridgehead atoms. The molecule has 0 aromatic carbocycles. The highest BCUT2D eigenvalue weighted by molar-refractivity contribution is 5.87. The van der Waals surface area contributed by atoms with Crippen molar-refractivity contribution in [3.05, 3.63) is 45.4 Å². The molecule has 0 aliphatic carbocycles. The van der Waals surface area contributed by atoms with Crippen LogP contribution in [0.2, 0.25) is 0 Å². The molecule has 3 aromatic heterocycles. The summed E-state index contributed by atoms with van der Waals surface area (Å²) < 4.78 is 10.3. The third-order valence-corrected chi connectivity index (χ3v) is 8.10. The average Bonchev–Trinajstić information content (AvgIpc) is 3.57. The Morgan fingerprint density at radius 3 is 2.62 bits per heavy atom. The number of carbonyl (C=O) groups excluding carboxylic acids is 2. The maximum atomic E-state index is 13.4. The summed E-state index contributed by atoms with van der Waals surface area (Å²) >= 11 is 0. The van der Waals surface area contributed by atoms with Crippen molar-refractivity contribution in [3.63, 3.8) is 0 Å². The topological polar surface area (TPSA) is 169 Å². The number of piperidine rings is 1. The van der Waals surface area contributed by atoms with E-state index in [0.29, 0.717) is 38.8 Å². The Morgan fingerprint density at radius 1 is 1.26 bits per heavy atom. The zero-order valence-electron chi connectivity index (χ0n) is 22.5. The molecule has 2 amide bonds. The van der Waals surface area contributed by atoms with Crippen LogP contribution < -0.4 is 16.6 Å². The number of nitrogens with zero attached hydrogens (tertiary/aromatic N) is 6. The largest absolute Gasteiger partial charge is 0.386 e. The van der Waals surface area contributed by atoms with Crippen LogP contribution in [-0.4, -0.2) is 87.4 Å². The van der Waals surface area contributed by atoms with E-state index >= 15 is 0 Å². The van der Waals surface area contributed by atoms with Crippen molar-refractivity contribution in [3.8, 4) is 0 Å². The minimum absolute atomic E-state index is 0.0334. The van der Waals surface area contributed by atoms with Crippen LogP contribution in [0.5, 0.6) is 0 Å². The average molecular weight is 543 g/mol. The van der Waals surface area contributed by atoms with Gasteiger partial charge < -0.3 is 29.6 Å². The summed E-state index contributed by atoms with van der Waals surface area (Å²) in [5.74, 6) is -0.475. The van der Waals surface area contributed by atoms with Gasteiger partial charge in [0.25, 0.3) is 5.56 Å². The first kappa shape index (κ1) is 26.8. The fourth-order valence-electron chi connectivity index (χ4n) is 5.79. The van der Waals surface area contributed by atoms with Crippen molar-refractivity contribution >= 4 is 23.0 Å². The van der Waals surface area contributed by atoms with Crippen molar-refractivity contribution in [2.45, 2.75) is 62.8 Å². The number of ether oxygens (including phenoxy) is 1. The molecule has 14 heteroatoms. The van der Waals surface area contributed by atoms with Crippen LogP contribution in [0.15, 0.2) is 28.4 Å². The monoisotopic (exact) mass is 542 g/mol. The smallest absolute Gasteiger partial charge is 0.332 e. The van der Waals surface area contributed by atoms with E-state index in [9.17, 15) is 24.3 Å². The number of aliphatic hydroxyl groups is 1. The molecule has 5 rings (SSSR count). The third-order valence-electron chi connectivity index (χ3n) is 8.10. The number of aromatic nitrogens is 6. The number of aromatic amines is 1. The number of carbonyl (C=O) groups is 2. The molecule has 3 N–H and O–H groups in total. The number of likely N-dealkylation sites (tertiary alicyclic amines) is 1. The third kappa shape index (κ3) is 4.78. The Morgan fingerprint density at radius 2 is 1.97 bits per heavy atom. The van der Waals surface area contributed by atoms with Crippen LogP contribution >= 0.6 is 0 Å². The molecule has 14 nitrogen and oxygen atoms in total. The molecule has 3 aromatic rings. The second kappa shape index (κ2) is 9.75. The van der Waals surface area contributed by atoms with Gasteiger partial charge in [-0.1, -0.05) is 0 Å². The molecule has 39 heavy (non-hydrogen) atoms. The van der Waals surface area contributed by atoms with Gasteiger partial charge in [-0.05, 0) is 19.8 Å². The van der Waals surface area contributed by atoms with Crippen LogP contribution in [0, 0.1) is 0 Å². The highest BCUT2D eigenvalue weighted by atomic mass is 16.5. The van der Waals surface area contributed by atoms with Gasteiger partial charge in [0, 0.05) is 58.8 Å². The molecule has 2 aliphatic heterocycles. The summed E-state index contributed by atoms with van der Waals surface area (Å²) in [6.45, 7) is 3.90. The fourth-order valence-corrected chi connectivity index (χ4v) is 5.79. The molecule has 5 heterocycles. The van der Waals surface area contributed by atoms with E-state index in [1.165, 1.54) is 31.2 Å². The van der Waals surface area contributed by atoms with Gasteiger partial charge in [0.2, 0.25) is 11.8 Å². The summed E-state index contributed by atoms with van der Waals surface area (Å²) in [7, 11) is 2.97. The number of H-pyrrole nitrogens is 1. The minimum atomic E-state index is -1.30. The Balaban J connectivity index is 1.37. The predicted molar refractivity (Wildman–Crippen MR) is 139 cm³/mol. The molecular weight excluding hydrogens is 508 g/mol. The van der Waals surface area contributed by atoms with Gasteiger partial charge in [0.05, 0.1) is 30.9 Å². The fraction of sp³-hybridized carbons (Fsp3) is 0.600. The van der Waals surface area contributed by atoms with Crippen molar-refractivity contribution in [2.24, 2.45) is 14.1 Å². The van der Waals surface area contributed by atoms with Gasteiger partial charge in [-0.15, -0.1) is 0 Å². The van der Waals surface area contributed by atoms with E-state index < -0.39 is 34.5 Å². The number of fused-ring (bicyclic) bond motifs is 1. The normalized spacial score (nSPS) is 23.7. The van der Waals surface area contributed by atoms with E-state index in [0.717, 1.165) is 10.3 Å². The van der Waals surface area contributed by atoms with Gasteiger partial charge in [-0.25, -0.2) is 14.8 Å². The molecule has 3 atom stereocenters. The van der Waals surface area contributed by atoms with Gasteiger partial charge in [-0.3, -0.25) is 23.5 Å². The van der Waals surface area contributed by atoms with Crippen LogP contribution in [0.25, 0.3) is 11.2 Å². The second-order valence-corrected chi connectivity index (χ2v) is 10.9.